The molecular formula is C19H14N3O4-. The van der Waals surface area contributed by atoms with Crippen molar-refractivity contribution in [1.82, 2.24) is 5.43 Å². The summed E-state index contributed by atoms with van der Waals surface area (Å²) < 4.78 is 5.57. The summed E-state index contributed by atoms with van der Waals surface area (Å²) in [5.41, 5.74) is 3.63. The first-order valence-electron chi connectivity index (χ1n) is 7.68. The van der Waals surface area contributed by atoms with E-state index in [0.29, 0.717) is 22.8 Å². The van der Waals surface area contributed by atoms with Crippen molar-refractivity contribution in [3.63, 3.8) is 0 Å². The molecule has 2 N–H and O–H groups in total. The zero-order valence-corrected chi connectivity index (χ0v) is 13.5. The van der Waals surface area contributed by atoms with Gasteiger partial charge in [0.05, 0.1) is 12.2 Å². The van der Waals surface area contributed by atoms with Crippen molar-refractivity contribution in [2.75, 3.05) is 5.32 Å². The third kappa shape index (κ3) is 4.35. The number of carboxylic acids is 1. The predicted octanol–water partition coefficient (Wildman–Crippen LogP) is 2.47. The molecule has 2 amide bonds. The van der Waals surface area contributed by atoms with Crippen molar-refractivity contribution >= 4 is 23.9 Å². The third-order valence-electron chi connectivity index (χ3n) is 3.40. The van der Waals surface area contributed by atoms with Crippen molar-refractivity contribution in [2.45, 2.75) is 0 Å². The Hall–Kier alpha value is -3.87. The van der Waals surface area contributed by atoms with Gasteiger partial charge in [-0.2, -0.15) is 5.10 Å². The zero-order chi connectivity index (χ0) is 18.4. The number of furan rings is 1. The minimum atomic E-state index is -1.26. The maximum Gasteiger partial charge on any atom is 0.339 e. The van der Waals surface area contributed by atoms with Gasteiger partial charge in [0.15, 0.2) is 0 Å². The molecule has 130 valence electrons. The molecule has 0 saturated heterocycles. The lowest BCUT2D eigenvalue weighted by atomic mass is 10.1. The number of carbonyl (C=O) groups excluding carboxylic acids is 2. The maximum absolute atomic E-state index is 11.7. The molecular weight excluding hydrogens is 334 g/mol. The number of hydrogen-bond acceptors (Lipinski definition) is 5. The second-order valence-corrected chi connectivity index (χ2v) is 5.26. The first-order valence-corrected chi connectivity index (χ1v) is 7.68. The summed E-state index contributed by atoms with van der Waals surface area (Å²) in [6.07, 6.45) is 1.34. The van der Waals surface area contributed by atoms with Gasteiger partial charge in [-0.15, -0.1) is 0 Å². The Morgan fingerprint density at radius 2 is 1.81 bits per heavy atom. The number of rotatable bonds is 5. The van der Waals surface area contributed by atoms with Crippen molar-refractivity contribution in [1.29, 1.82) is 0 Å². The van der Waals surface area contributed by atoms with Gasteiger partial charge in [0.2, 0.25) is 0 Å². The zero-order valence-electron chi connectivity index (χ0n) is 13.5. The van der Waals surface area contributed by atoms with Crippen molar-refractivity contribution in [3.8, 4) is 11.3 Å². The molecule has 0 fully saturated rings. The highest BCUT2D eigenvalue weighted by atomic mass is 16.4. The Morgan fingerprint density at radius 3 is 2.58 bits per heavy atom. The van der Waals surface area contributed by atoms with Crippen LogP contribution in [0.25, 0.3) is 11.3 Å². The van der Waals surface area contributed by atoms with E-state index >= 15 is 0 Å². The van der Waals surface area contributed by atoms with Crippen LogP contribution < -0.4 is 15.8 Å². The Labute approximate surface area is 149 Å². The topological polar surface area (TPSA) is 107 Å². The quantitative estimate of drug-likeness (QED) is 0.545. The summed E-state index contributed by atoms with van der Waals surface area (Å²) in [6.45, 7) is 0. The van der Waals surface area contributed by atoms with Crippen LogP contribution in [0.3, 0.4) is 0 Å². The fraction of sp³-hybridized carbons (Fsp3) is 0. The van der Waals surface area contributed by atoms with Gasteiger partial charge in [0, 0.05) is 11.3 Å². The molecule has 0 aliphatic heterocycles. The van der Waals surface area contributed by atoms with Crippen LogP contribution >= 0.6 is 0 Å². The monoisotopic (exact) mass is 348 g/mol. The van der Waals surface area contributed by atoms with E-state index in [1.165, 1.54) is 18.3 Å². The van der Waals surface area contributed by atoms with E-state index in [1.807, 2.05) is 6.07 Å². The SMILES string of the molecule is O=C(N/N=C\c1ccc(-c2cccc(C(=O)[O-])c2)o1)Nc1ccccc1. The lowest BCUT2D eigenvalue weighted by Gasteiger charge is -2.03. The standard InChI is InChI=1S/C19H15N3O4/c23-18(24)14-6-4-5-13(11-14)17-10-9-16(26-17)12-20-22-19(25)21-15-7-2-1-3-8-15/h1-12H,(H,23,24)(H2,21,22,25)/p-1/b20-12-. The van der Waals surface area contributed by atoms with Crippen LogP contribution in [0.4, 0.5) is 10.5 Å². The highest BCUT2D eigenvalue weighted by Crippen LogP contribution is 2.22. The van der Waals surface area contributed by atoms with E-state index in [9.17, 15) is 14.7 Å². The summed E-state index contributed by atoms with van der Waals surface area (Å²) in [6, 6.07) is 18.0. The number of carbonyl (C=O) groups is 2. The first-order chi connectivity index (χ1) is 12.6. The fourth-order valence-electron chi connectivity index (χ4n) is 2.21. The second-order valence-electron chi connectivity index (χ2n) is 5.26. The fourth-order valence-corrected chi connectivity index (χ4v) is 2.21. The molecule has 1 aromatic heterocycles. The summed E-state index contributed by atoms with van der Waals surface area (Å²) in [5.74, 6) is -0.379. The minimum Gasteiger partial charge on any atom is -0.545 e. The molecule has 2 aromatic carbocycles. The van der Waals surface area contributed by atoms with E-state index in [-0.39, 0.29) is 5.56 Å². The molecule has 0 atom stereocenters. The van der Waals surface area contributed by atoms with Crippen LogP contribution in [0, 0.1) is 0 Å². The molecule has 26 heavy (non-hydrogen) atoms. The number of nitrogens with one attached hydrogen (secondary N) is 2. The van der Waals surface area contributed by atoms with Gasteiger partial charge < -0.3 is 19.6 Å². The Balaban J connectivity index is 1.61. The largest absolute Gasteiger partial charge is 0.545 e. The van der Waals surface area contributed by atoms with Gasteiger partial charge in [0.1, 0.15) is 11.5 Å². The first kappa shape index (κ1) is 17.0. The molecule has 0 aliphatic rings. The van der Waals surface area contributed by atoms with Gasteiger partial charge in [-0.25, -0.2) is 10.2 Å². The number of amides is 2. The predicted molar refractivity (Wildman–Crippen MR) is 94.7 cm³/mol. The molecule has 7 nitrogen and oxygen atoms in total. The molecule has 0 unspecified atom stereocenters. The highest BCUT2D eigenvalue weighted by molar-refractivity contribution is 5.90. The van der Waals surface area contributed by atoms with Crippen LogP contribution in [0.1, 0.15) is 16.1 Å². The lowest BCUT2D eigenvalue weighted by molar-refractivity contribution is -0.255. The van der Waals surface area contributed by atoms with E-state index in [4.69, 9.17) is 4.42 Å². The summed E-state index contributed by atoms with van der Waals surface area (Å²) in [7, 11) is 0. The number of nitrogens with zero attached hydrogens (tertiary/aromatic N) is 1. The van der Waals surface area contributed by atoms with Crippen molar-refractivity contribution < 1.29 is 19.1 Å². The highest BCUT2D eigenvalue weighted by Gasteiger charge is 2.05. The molecule has 0 bridgehead atoms. The number of anilines is 1. The van der Waals surface area contributed by atoms with Gasteiger partial charge in [-0.05, 0) is 35.9 Å². The number of para-hydroxylation sites is 1. The lowest BCUT2D eigenvalue weighted by Crippen LogP contribution is -2.24. The molecule has 0 spiro atoms. The number of benzene rings is 2. The van der Waals surface area contributed by atoms with Gasteiger partial charge >= 0.3 is 6.03 Å². The Bertz CT molecular complexity index is 948. The molecule has 0 saturated carbocycles. The van der Waals surface area contributed by atoms with Crippen LogP contribution in [-0.4, -0.2) is 18.2 Å². The minimum absolute atomic E-state index is 0.0633. The Kier molecular flexibility index (Phi) is 5.09. The van der Waals surface area contributed by atoms with Crippen LogP contribution in [0.5, 0.6) is 0 Å². The smallest absolute Gasteiger partial charge is 0.339 e. The maximum atomic E-state index is 11.7. The molecule has 0 aliphatic carbocycles. The average molecular weight is 348 g/mol. The molecule has 1 heterocycles. The molecule has 7 heteroatoms. The average Bonchev–Trinajstić information content (AvgIpc) is 3.11. The van der Waals surface area contributed by atoms with E-state index in [2.05, 4.69) is 15.8 Å². The molecule has 3 rings (SSSR count). The number of carboxylic acid groups (broad SMARTS) is 1. The van der Waals surface area contributed by atoms with Crippen LogP contribution in [0.2, 0.25) is 0 Å². The van der Waals surface area contributed by atoms with Crippen LogP contribution in [-0.2, 0) is 0 Å². The molecule has 0 radical (unpaired) electrons. The molecule has 3 aromatic rings. The Morgan fingerprint density at radius 1 is 1.00 bits per heavy atom. The second kappa shape index (κ2) is 7.80. The third-order valence-corrected chi connectivity index (χ3v) is 3.40. The van der Waals surface area contributed by atoms with Crippen LogP contribution in [0.15, 0.2) is 76.2 Å². The number of urea groups is 1. The van der Waals surface area contributed by atoms with Crippen molar-refractivity contribution in [3.05, 3.63) is 78.1 Å². The van der Waals surface area contributed by atoms with Gasteiger partial charge in [-0.3, -0.25) is 0 Å². The number of hydrazone groups is 1. The summed E-state index contributed by atoms with van der Waals surface area (Å²) >= 11 is 0. The van der Waals surface area contributed by atoms with E-state index < -0.39 is 12.0 Å². The summed E-state index contributed by atoms with van der Waals surface area (Å²) in [4.78, 5) is 22.6. The van der Waals surface area contributed by atoms with E-state index in [0.717, 1.165) is 0 Å². The van der Waals surface area contributed by atoms with Gasteiger partial charge in [-0.1, -0.05) is 36.4 Å². The summed E-state index contributed by atoms with van der Waals surface area (Å²) in [5, 5.41) is 17.3. The van der Waals surface area contributed by atoms with Gasteiger partial charge in [0.25, 0.3) is 0 Å². The van der Waals surface area contributed by atoms with E-state index in [1.54, 1.807) is 48.5 Å². The number of hydrogen-bond donors (Lipinski definition) is 2. The van der Waals surface area contributed by atoms with Crippen molar-refractivity contribution in [2.24, 2.45) is 5.10 Å². The number of aromatic carboxylic acids is 1. The normalized spacial score (nSPS) is 10.6.